The molecule has 0 aliphatic carbocycles. The lowest BCUT2D eigenvalue weighted by Gasteiger charge is -2.16. The third-order valence-corrected chi connectivity index (χ3v) is 1.94. The van der Waals surface area contributed by atoms with Crippen molar-refractivity contribution in [3.05, 3.63) is 0 Å². The number of carbonyl (C=O) groups excluding carboxylic acids is 2. The van der Waals surface area contributed by atoms with Gasteiger partial charge in [0, 0.05) is 7.05 Å². The number of nitrogens with one attached hydrogen (secondary N) is 1. The highest BCUT2D eigenvalue weighted by atomic mass is 16.7. The summed E-state index contributed by atoms with van der Waals surface area (Å²) in [5, 5.41) is 20.0. The Labute approximate surface area is 115 Å². The summed E-state index contributed by atoms with van der Waals surface area (Å²) in [6.45, 7) is -1.24. The van der Waals surface area contributed by atoms with Gasteiger partial charge in [0.05, 0.1) is 26.4 Å². The van der Waals surface area contributed by atoms with Gasteiger partial charge in [-0.2, -0.15) is 0 Å². The molecule has 0 heterocycles. The smallest absolute Gasteiger partial charge is 0.407 e. The van der Waals surface area contributed by atoms with Crippen LogP contribution in [0.4, 0.5) is 9.59 Å². The van der Waals surface area contributed by atoms with Gasteiger partial charge in [-0.3, -0.25) is 0 Å². The molecule has 0 rings (SSSR count). The van der Waals surface area contributed by atoms with E-state index in [0.717, 1.165) is 0 Å². The number of ether oxygens (including phenoxy) is 4. The van der Waals surface area contributed by atoms with Gasteiger partial charge in [-0.25, -0.2) is 9.59 Å². The lowest BCUT2D eigenvalue weighted by Crippen LogP contribution is -2.32. The first kappa shape index (κ1) is 18.4. The molecule has 0 bridgehead atoms. The van der Waals surface area contributed by atoms with Gasteiger partial charge < -0.3 is 40.2 Å². The van der Waals surface area contributed by atoms with Crippen molar-refractivity contribution in [3.8, 4) is 0 Å². The van der Waals surface area contributed by atoms with Gasteiger partial charge in [0.2, 0.25) is 0 Å². The van der Waals surface area contributed by atoms with Crippen LogP contribution in [0.2, 0.25) is 0 Å². The number of amides is 2. The molecule has 0 aliphatic heterocycles. The van der Waals surface area contributed by atoms with Crippen molar-refractivity contribution in [1.82, 2.24) is 5.32 Å². The molecule has 20 heavy (non-hydrogen) atoms. The molecule has 2 atom stereocenters. The Morgan fingerprint density at radius 1 is 1.10 bits per heavy atom. The minimum Gasteiger partial charge on any atom is -0.441 e. The summed E-state index contributed by atoms with van der Waals surface area (Å²) in [5.74, 6) is 0. The van der Waals surface area contributed by atoms with E-state index < -0.39 is 37.6 Å². The van der Waals surface area contributed by atoms with E-state index in [-0.39, 0.29) is 20.0 Å². The normalized spacial score (nSPS) is 13.3. The topological polar surface area (TPSA) is 150 Å². The van der Waals surface area contributed by atoms with Crippen LogP contribution in [0.3, 0.4) is 0 Å². The summed E-state index contributed by atoms with van der Waals surface area (Å²) in [5.41, 5.74) is 4.78. The number of hydrogen-bond donors (Lipinski definition) is 4. The van der Waals surface area contributed by atoms with Crippen molar-refractivity contribution < 1.29 is 38.7 Å². The minimum absolute atomic E-state index is 0.0790. The summed E-state index contributed by atoms with van der Waals surface area (Å²) in [7, 11) is 1.38. The Morgan fingerprint density at radius 3 is 2.00 bits per heavy atom. The van der Waals surface area contributed by atoms with E-state index in [1.54, 1.807) is 0 Å². The van der Waals surface area contributed by atoms with Crippen molar-refractivity contribution in [1.29, 1.82) is 0 Å². The number of carbonyl (C=O) groups is 2. The third kappa shape index (κ3) is 9.33. The molecule has 5 N–H and O–H groups in total. The highest BCUT2D eigenvalue weighted by Crippen LogP contribution is 1.96. The summed E-state index contributed by atoms with van der Waals surface area (Å²) >= 11 is 0. The molecule has 10 nitrogen and oxygen atoms in total. The molecule has 2 unspecified atom stereocenters. The lowest BCUT2D eigenvalue weighted by molar-refractivity contribution is -0.108. The SMILES string of the molecule is CNC(=O)OC(CO)COCOCC(CO)OC(N)=O. The molecule has 0 saturated heterocycles. The summed E-state index contributed by atoms with van der Waals surface area (Å²) < 4.78 is 19.2. The number of rotatable bonds is 10. The summed E-state index contributed by atoms with van der Waals surface area (Å²) in [6.07, 6.45) is -3.42. The minimum atomic E-state index is -1.02. The van der Waals surface area contributed by atoms with Crippen molar-refractivity contribution >= 4 is 12.2 Å². The Hall–Kier alpha value is -1.62. The maximum Gasteiger partial charge on any atom is 0.407 e. The van der Waals surface area contributed by atoms with Gasteiger partial charge in [0.15, 0.2) is 0 Å². The molecule has 2 amide bonds. The molecule has 118 valence electrons. The molecule has 0 aromatic carbocycles. The summed E-state index contributed by atoms with van der Waals surface area (Å²) in [4.78, 5) is 21.3. The Balaban J connectivity index is 3.72. The summed E-state index contributed by atoms with van der Waals surface area (Å²) in [6, 6.07) is 0. The van der Waals surface area contributed by atoms with Crippen LogP contribution in [0.25, 0.3) is 0 Å². The Morgan fingerprint density at radius 2 is 1.60 bits per heavy atom. The number of alkyl carbamates (subject to hydrolysis) is 1. The number of aliphatic hydroxyl groups excluding tert-OH is 2. The first-order valence-electron chi connectivity index (χ1n) is 5.75. The Bertz CT molecular complexity index is 288. The van der Waals surface area contributed by atoms with Gasteiger partial charge >= 0.3 is 12.2 Å². The van der Waals surface area contributed by atoms with Crippen molar-refractivity contribution in [3.63, 3.8) is 0 Å². The number of aliphatic hydroxyl groups is 2. The average Bonchev–Trinajstić information content (AvgIpc) is 2.43. The standard InChI is InChI=1S/C10H20N2O8/c1-12-10(16)20-8(3-14)5-18-6-17-4-7(2-13)19-9(11)15/h7-8,13-14H,2-6H2,1H3,(H2,11,15)(H,12,16). The molecule has 10 heteroatoms. The molecule has 0 saturated carbocycles. The highest BCUT2D eigenvalue weighted by molar-refractivity contribution is 5.66. The predicted molar refractivity (Wildman–Crippen MR) is 64.7 cm³/mol. The fourth-order valence-electron chi connectivity index (χ4n) is 1.04. The third-order valence-electron chi connectivity index (χ3n) is 1.94. The second kappa shape index (κ2) is 11.2. The van der Waals surface area contributed by atoms with E-state index in [0.29, 0.717) is 0 Å². The second-order valence-electron chi connectivity index (χ2n) is 3.56. The van der Waals surface area contributed by atoms with E-state index in [9.17, 15) is 9.59 Å². The van der Waals surface area contributed by atoms with Crippen LogP contribution in [0.1, 0.15) is 0 Å². The zero-order chi connectivity index (χ0) is 15.4. The van der Waals surface area contributed by atoms with Gasteiger partial charge in [-0.05, 0) is 0 Å². The zero-order valence-electron chi connectivity index (χ0n) is 11.1. The van der Waals surface area contributed by atoms with E-state index in [1.165, 1.54) is 7.05 Å². The van der Waals surface area contributed by atoms with Gasteiger partial charge in [0.1, 0.15) is 19.0 Å². The number of hydrogen-bond acceptors (Lipinski definition) is 8. The molecule has 0 aromatic rings. The average molecular weight is 296 g/mol. The number of primary amides is 1. The van der Waals surface area contributed by atoms with E-state index >= 15 is 0 Å². The maximum absolute atomic E-state index is 10.9. The fraction of sp³-hybridized carbons (Fsp3) is 0.800. The Kier molecular flexibility index (Phi) is 10.3. The van der Waals surface area contributed by atoms with E-state index in [1.807, 2.05) is 0 Å². The van der Waals surface area contributed by atoms with Crippen molar-refractivity contribution in [2.24, 2.45) is 5.73 Å². The lowest BCUT2D eigenvalue weighted by atomic mass is 10.4. The molecule has 0 aliphatic rings. The van der Waals surface area contributed by atoms with Crippen LogP contribution in [0.5, 0.6) is 0 Å². The van der Waals surface area contributed by atoms with Gasteiger partial charge in [0.25, 0.3) is 0 Å². The fourth-order valence-corrected chi connectivity index (χ4v) is 1.04. The molecular formula is C10H20N2O8. The molecule has 0 radical (unpaired) electrons. The molecule has 0 spiro atoms. The van der Waals surface area contributed by atoms with E-state index in [2.05, 4.69) is 10.1 Å². The van der Waals surface area contributed by atoms with Crippen LogP contribution in [0.15, 0.2) is 0 Å². The van der Waals surface area contributed by atoms with Crippen molar-refractivity contribution in [2.45, 2.75) is 12.2 Å². The quantitative estimate of drug-likeness (QED) is 0.271. The van der Waals surface area contributed by atoms with E-state index in [4.69, 9.17) is 30.2 Å². The van der Waals surface area contributed by atoms with Crippen LogP contribution >= 0.6 is 0 Å². The zero-order valence-corrected chi connectivity index (χ0v) is 11.1. The molecular weight excluding hydrogens is 276 g/mol. The van der Waals surface area contributed by atoms with Crippen LogP contribution in [-0.2, 0) is 18.9 Å². The van der Waals surface area contributed by atoms with Crippen molar-refractivity contribution in [2.75, 3.05) is 40.3 Å². The monoisotopic (exact) mass is 296 g/mol. The van der Waals surface area contributed by atoms with Crippen LogP contribution in [0, 0.1) is 0 Å². The van der Waals surface area contributed by atoms with Crippen LogP contribution < -0.4 is 11.1 Å². The highest BCUT2D eigenvalue weighted by Gasteiger charge is 2.14. The van der Waals surface area contributed by atoms with Crippen LogP contribution in [-0.4, -0.2) is 74.9 Å². The predicted octanol–water partition coefficient (Wildman–Crippen LogP) is -1.85. The second-order valence-corrected chi connectivity index (χ2v) is 3.56. The first-order valence-corrected chi connectivity index (χ1v) is 5.75. The molecule has 0 fully saturated rings. The van der Waals surface area contributed by atoms with Gasteiger partial charge in [-0.1, -0.05) is 0 Å². The largest absolute Gasteiger partial charge is 0.441 e. The maximum atomic E-state index is 10.9. The number of nitrogens with two attached hydrogens (primary N) is 1. The first-order chi connectivity index (χ1) is 9.53. The van der Waals surface area contributed by atoms with Gasteiger partial charge in [-0.15, -0.1) is 0 Å². The molecule has 0 aromatic heterocycles.